The van der Waals surface area contributed by atoms with Gasteiger partial charge in [-0.05, 0) is 68.1 Å². The van der Waals surface area contributed by atoms with Crippen molar-refractivity contribution in [2.45, 2.75) is 45.3 Å². The van der Waals surface area contributed by atoms with Gasteiger partial charge in [0.25, 0.3) is 5.91 Å². The molecule has 0 saturated heterocycles. The van der Waals surface area contributed by atoms with Crippen molar-refractivity contribution in [1.29, 1.82) is 0 Å². The predicted molar refractivity (Wildman–Crippen MR) is 155 cm³/mol. The Kier molecular flexibility index (Phi) is 12.2. The molecule has 3 N–H and O–H groups in total. The first-order valence-corrected chi connectivity index (χ1v) is 14.5. The number of carbonyl (C=O) groups excluding carboxylic acids is 3. The standard InChI is InChI=1S/C25H20F2N4O3S2.C4H10O/c26-17-6-1-15(2-7-17)3-10-19(22(33)25-28-11-12-35-25)31-21(32)14-29-23(34)20-13-30-24(36-20)16-4-8-18(27)9-5-16;1-3-4(2)5/h1-2,4-9,11-13,19H,3,10,14H2,(H,29,34)(H,31,32);4-5H,3H2,1-2H3. The van der Waals surface area contributed by atoms with E-state index in [-0.39, 0.29) is 46.4 Å². The van der Waals surface area contributed by atoms with Crippen LogP contribution in [0.5, 0.6) is 0 Å². The molecule has 2 atom stereocenters. The lowest BCUT2D eigenvalue weighted by molar-refractivity contribution is -0.120. The Morgan fingerprint density at radius 2 is 1.63 bits per heavy atom. The normalized spacial score (nSPS) is 12.0. The second-order valence-corrected chi connectivity index (χ2v) is 10.9. The molecule has 8 nitrogen and oxygen atoms in total. The molecule has 2 aromatic heterocycles. The molecule has 12 heteroatoms. The molecule has 41 heavy (non-hydrogen) atoms. The molecule has 0 spiro atoms. The summed E-state index contributed by atoms with van der Waals surface area (Å²) in [6, 6.07) is 10.8. The van der Waals surface area contributed by atoms with Crippen molar-refractivity contribution in [3.05, 3.63) is 93.4 Å². The van der Waals surface area contributed by atoms with Gasteiger partial charge in [-0.15, -0.1) is 22.7 Å². The van der Waals surface area contributed by atoms with Crippen LogP contribution in [0.15, 0.2) is 66.3 Å². The summed E-state index contributed by atoms with van der Waals surface area (Å²) in [5.74, 6) is -2.10. The molecular formula is C29H30F2N4O4S2. The summed E-state index contributed by atoms with van der Waals surface area (Å²) in [6.07, 6.45) is 4.34. The molecule has 0 aliphatic carbocycles. The van der Waals surface area contributed by atoms with Crippen molar-refractivity contribution < 1.29 is 28.3 Å². The maximum Gasteiger partial charge on any atom is 0.263 e. The number of amides is 2. The van der Waals surface area contributed by atoms with Crippen LogP contribution in [-0.2, 0) is 11.2 Å². The Balaban J connectivity index is 0.000000850. The van der Waals surface area contributed by atoms with Crippen LogP contribution in [-0.4, -0.2) is 51.4 Å². The number of hydrogen-bond donors (Lipinski definition) is 3. The monoisotopic (exact) mass is 600 g/mol. The fourth-order valence-electron chi connectivity index (χ4n) is 3.32. The van der Waals surface area contributed by atoms with Gasteiger partial charge < -0.3 is 15.7 Å². The third-order valence-electron chi connectivity index (χ3n) is 5.75. The van der Waals surface area contributed by atoms with Crippen LogP contribution >= 0.6 is 22.7 Å². The summed E-state index contributed by atoms with van der Waals surface area (Å²) in [6.45, 7) is 3.38. The molecule has 2 unspecified atom stereocenters. The Bertz CT molecular complexity index is 1410. The van der Waals surface area contributed by atoms with Crippen molar-refractivity contribution in [3.8, 4) is 10.6 Å². The number of aliphatic hydroxyl groups is 1. The van der Waals surface area contributed by atoms with Crippen LogP contribution in [0.25, 0.3) is 10.6 Å². The van der Waals surface area contributed by atoms with E-state index in [2.05, 4.69) is 20.6 Å². The minimum Gasteiger partial charge on any atom is -0.393 e. The highest BCUT2D eigenvalue weighted by atomic mass is 32.1. The van der Waals surface area contributed by atoms with E-state index in [1.165, 1.54) is 48.0 Å². The van der Waals surface area contributed by atoms with Gasteiger partial charge in [0.05, 0.1) is 24.9 Å². The Hall–Kier alpha value is -3.87. The third kappa shape index (κ3) is 10.2. The second kappa shape index (κ2) is 15.8. The highest BCUT2D eigenvalue weighted by Gasteiger charge is 2.24. The summed E-state index contributed by atoms with van der Waals surface area (Å²) in [4.78, 5) is 46.5. The van der Waals surface area contributed by atoms with E-state index in [4.69, 9.17) is 5.11 Å². The van der Waals surface area contributed by atoms with Crippen LogP contribution in [0.4, 0.5) is 8.78 Å². The van der Waals surface area contributed by atoms with Gasteiger partial charge in [0.15, 0.2) is 5.01 Å². The largest absolute Gasteiger partial charge is 0.393 e. The number of Topliss-reactive ketones (excluding diaryl/α,β-unsaturated/α-hetero) is 1. The Morgan fingerprint density at radius 1 is 1.00 bits per heavy atom. The number of aromatic nitrogens is 2. The molecule has 2 aromatic carbocycles. The van der Waals surface area contributed by atoms with Crippen molar-refractivity contribution in [2.75, 3.05) is 6.54 Å². The zero-order valence-corrected chi connectivity index (χ0v) is 24.1. The number of halogens is 2. The minimum atomic E-state index is -0.862. The number of hydrogen-bond acceptors (Lipinski definition) is 8. The van der Waals surface area contributed by atoms with E-state index < -0.39 is 17.9 Å². The molecule has 0 radical (unpaired) electrons. The van der Waals surface area contributed by atoms with E-state index in [1.54, 1.807) is 36.6 Å². The number of nitrogens with one attached hydrogen (secondary N) is 2. The third-order valence-corrected chi connectivity index (χ3v) is 7.58. The lowest BCUT2D eigenvalue weighted by Gasteiger charge is -2.17. The van der Waals surface area contributed by atoms with Gasteiger partial charge in [-0.3, -0.25) is 14.4 Å². The molecule has 0 fully saturated rings. The first kappa shape index (κ1) is 31.7. The molecule has 0 bridgehead atoms. The molecule has 216 valence electrons. The number of ketones is 1. The first-order chi connectivity index (χ1) is 19.7. The van der Waals surface area contributed by atoms with Gasteiger partial charge >= 0.3 is 0 Å². The summed E-state index contributed by atoms with van der Waals surface area (Å²) < 4.78 is 26.3. The average molecular weight is 601 g/mol. The molecule has 2 amide bonds. The summed E-state index contributed by atoms with van der Waals surface area (Å²) in [5.41, 5.74) is 1.49. The predicted octanol–water partition coefficient (Wildman–Crippen LogP) is 5.05. The van der Waals surface area contributed by atoms with Gasteiger partial charge in [-0.2, -0.15) is 0 Å². The maximum atomic E-state index is 13.2. The molecule has 4 aromatic rings. The molecular weight excluding hydrogens is 570 g/mol. The van der Waals surface area contributed by atoms with E-state index in [0.717, 1.165) is 23.3 Å². The van der Waals surface area contributed by atoms with E-state index in [0.29, 0.717) is 17.0 Å². The Morgan fingerprint density at radius 3 is 2.22 bits per heavy atom. The maximum absolute atomic E-state index is 13.2. The van der Waals surface area contributed by atoms with Crippen molar-refractivity contribution >= 4 is 40.3 Å². The molecule has 4 rings (SSSR count). The van der Waals surface area contributed by atoms with Crippen LogP contribution in [0.2, 0.25) is 0 Å². The summed E-state index contributed by atoms with van der Waals surface area (Å²) in [5, 5.41) is 16.0. The number of nitrogens with zero attached hydrogens (tertiary/aromatic N) is 2. The SMILES string of the molecule is CCC(C)O.O=C(CNC(=O)c1cnc(-c2ccc(F)cc2)s1)NC(CCc1ccc(F)cc1)C(=O)c1nccs1. The smallest absolute Gasteiger partial charge is 0.263 e. The topological polar surface area (TPSA) is 121 Å². The lowest BCUT2D eigenvalue weighted by atomic mass is 10.0. The highest BCUT2D eigenvalue weighted by molar-refractivity contribution is 7.16. The summed E-state index contributed by atoms with van der Waals surface area (Å²) in [7, 11) is 0. The molecule has 0 saturated carbocycles. The Labute approximate surface area is 244 Å². The average Bonchev–Trinajstić information content (AvgIpc) is 3.68. The van der Waals surface area contributed by atoms with E-state index >= 15 is 0 Å². The van der Waals surface area contributed by atoms with Crippen molar-refractivity contribution in [3.63, 3.8) is 0 Å². The van der Waals surface area contributed by atoms with Crippen LogP contribution in [0.1, 0.15) is 51.7 Å². The number of benzene rings is 2. The minimum absolute atomic E-state index is 0.116. The van der Waals surface area contributed by atoms with E-state index in [9.17, 15) is 23.2 Å². The van der Waals surface area contributed by atoms with Crippen molar-refractivity contribution in [2.24, 2.45) is 0 Å². The number of aliphatic hydroxyl groups excluding tert-OH is 1. The van der Waals surface area contributed by atoms with Crippen LogP contribution in [0.3, 0.4) is 0 Å². The fourth-order valence-corrected chi connectivity index (χ4v) is 4.79. The quantitative estimate of drug-likeness (QED) is 0.207. The number of thiazole rings is 2. The van der Waals surface area contributed by atoms with Gasteiger partial charge in [-0.25, -0.2) is 18.7 Å². The zero-order valence-electron chi connectivity index (χ0n) is 22.5. The van der Waals surface area contributed by atoms with E-state index in [1.807, 2.05) is 6.92 Å². The second-order valence-electron chi connectivity index (χ2n) is 8.96. The lowest BCUT2D eigenvalue weighted by Crippen LogP contribution is -2.45. The van der Waals surface area contributed by atoms with Gasteiger partial charge in [-0.1, -0.05) is 19.1 Å². The van der Waals surface area contributed by atoms with Gasteiger partial charge in [0, 0.05) is 17.1 Å². The molecule has 0 aliphatic heterocycles. The zero-order chi connectivity index (χ0) is 29.8. The van der Waals surface area contributed by atoms with Gasteiger partial charge in [0.1, 0.15) is 21.5 Å². The van der Waals surface area contributed by atoms with Crippen LogP contribution in [0, 0.1) is 11.6 Å². The number of rotatable bonds is 11. The van der Waals surface area contributed by atoms with Crippen LogP contribution < -0.4 is 10.6 Å². The molecule has 0 aliphatic rings. The first-order valence-electron chi connectivity index (χ1n) is 12.8. The summed E-state index contributed by atoms with van der Waals surface area (Å²) >= 11 is 2.28. The van der Waals surface area contributed by atoms with Gasteiger partial charge in [0.2, 0.25) is 11.7 Å². The number of carbonyl (C=O) groups is 3. The fraction of sp³-hybridized carbons (Fsp3) is 0.276. The highest BCUT2D eigenvalue weighted by Crippen LogP contribution is 2.25. The van der Waals surface area contributed by atoms with Crippen molar-refractivity contribution in [1.82, 2.24) is 20.6 Å². The number of aryl methyl sites for hydroxylation is 1. The molecule has 2 heterocycles.